The van der Waals surface area contributed by atoms with Crippen LogP contribution in [0.15, 0.2) is 0 Å². The highest BCUT2D eigenvalue weighted by Crippen LogP contribution is 1.75. The third-order valence-corrected chi connectivity index (χ3v) is 0.936. The van der Waals surface area contributed by atoms with Crippen LogP contribution < -0.4 is 10.6 Å². The van der Waals surface area contributed by atoms with Crippen LogP contribution in [-0.4, -0.2) is 42.5 Å². The van der Waals surface area contributed by atoms with Crippen LogP contribution in [0.4, 0.5) is 4.79 Å². The highest BCUT2D eigenvalue weighted by molar-refractivity contribution is 5.73. The van der Waals surface area contributed by atoms with Gasteiger partial charge in [0.25, 0.3) is 0 Å². The number of hydrogen-bond acceptors (Lipinski definition) is 3. The van der Waals surface area contributed by atoms with E-state index in [9.17, 15) is 4.79 Å². The van der Waals surface area contributed by atoms with Crippen molar-refractivity contribution in [2.24, 2.45) is 0 Å². The number of nitrogens with one attached hydrogen (secondary N) is 2. The van der Waals surface area contributed by atoms with E-state index in [1.807, 2.05) is 0 Å². The van der Waals surface area contributed by atoms with Crippen molar-refractivity contribution in [1.82, 2.24) is 10.6 Å². The van der Waals surface area contributed by atoms with Crippen LogP contribution in [0.3, 0.4) is 0 Å². The van der Waals surface area contributed by atoms with E-state index in [1.165, 1.54) is 7.05 Å². The van der Waals surface area contributed by atoms with Crippen LogP contribution >= 0.6 is 0 Å². The third kappa shape index (κ3) is 4.11. The monoisotopic (exact) mass is 148 g/mol. The van der Waals surface area contributed by atoms with Crippen molar-refractivity contribution in [2.75, 3.05) is 20.2 Å². The summed E-state index contributed by atoms with van der Waals surface area (Å²) in [5.74, 6) is 0. The molecule has 60 valence electrons. The highest BCUT2D eigenvalue weighted by atomic mass is 16.3. The Kier molecular flexibility index (Phi) is 4.61. The first-order chi connectivity index (χ1) is 4.70. The fourth-order valence-electron chi connectivity index (χ4n) is 0.363. The Labute approximate surface area is 59.0 Å². The van der Waals surface area contributed by atoms with Crippen LogP contribution in [0, 0.1) is 0 Å². The van der Waals surface area contributed by atoms with E-state index in [2.05, 4.69) is 10.6 Å². The summed E-state index contributed by atoms with van der Waals surface area (Å²) >= 11 is 0. The number of carbonyl (C=O) groups is 1. The van der Waals surface area contributed by atoms with Crippen molar-refractivity contribution in [3.05, 3.63) is 0 Å². The Balaban J connectivity index is 3.26. The number of carbonyl (C=O) groups excluding carboxylic acids is 1. The second-order valence-corrected chi connectivity index (χ2v) is 1.80. The second-order valence-electron chi connectivity index (χ2n) is 1.80. The maximum absolute atomic E-state index is 10.4. The van der Waals surface area contributed by atoms with Crippen LogP contribution in [-0.2, 0) is 0 Å². The molecule has 2 amide bonds. The molecule has 4 N–H and O–H groups in total. The number of urea groups is 1. The molecule has 5 heteroatoms. The van der Waals surface area contributed by atoms with Gasteiger partial charge >= 0.3 is 6.03 Å². The first-order valence-corrected chi connectivity index (χ1v) is 2.95. The van der Waals surface area contributed by atoms with Gasteiger partial charge in [-0.05, 0) is 0 Å². The number of hydrogen-bond donors (Lipinski definition) is 4. The van der Waals surface area contributed by atoms with E-state index in [4.69, 9.17) is 10.2 Å². The molecule has 10 heavy (non-hydrogen) atoms. The Morgan fingerprint density at radius 1 is 1.70 bits per heavy atom. The molecule has 0 saturated carbocycles. The molecule has 0 fully saturated rings. The summed E-state index contributed by atoms with van der Waals surface area (Å²) < 4.78 is 0. The molecule has 0 rings (SSSR count). The number of amides is 2. The Hall–Kier alpha value is -0.810. The van der Waals surface area contributed by atoms with Crippen LogP contribution in [0.1, 0.15) is 0 Å². The molecular weight excluding hydrogens is 136 g/mol. The van der Waals surface area contributed by atoms with Crippen molar-refractivity contribution >= 4 is 6.03 Å². The van der Waals surface area contributed by atoms with Gasteiger partial charge in [0.1, 0.15) is 0 Å². The first-order valence-electron chi connectivity index (χ1n) is 2.95. The maximum Gasteiger partial charge on any atom is 0.314 e. The zero-order valence-electron chi connectivity index (χ0n) is 5.79. The van der Waals surface area contributed by atoms with Gasteiger partial charge in [0, 0.05) is 13.6 Å². The Morgan fingerprint density at radius 3 is 2.70 bits per heavy atom. The minimum absolute atomic E-state index is 0.0656. The summed E-state index contributed by atoms with van der Waals surface area (Å²) in [6.45, 7) is -0.278. The summed E-state index contributed by atoms with van der Waals surface area (Å²) in [6.07, 6.45) is -0.878. The lowest BCUT2D eigenvalue weighted by Crippen LogP contribution is -2.38. The maximum atomic E-state index is 10.4. The van der Waals surface area contributed by atoms with Gasteiger partial charge in [-0.15, -0.1) is 0 Å². The van der Waals surface area contributed by atoms with Crippen molar-refractivity contribution in [1.29, 1.82) is 0 Å². The summed E-state index contributed by atoms with van der Waals surface area (Å²) in [7, 11) is 1.47. The molecule has 0 heterocycles. The Morgan fingerprint density at radius 2 is 2.30 bits per heavy atom. The lowest BCUT2D eigenvalue weighted by molar-refractivity contribution is 0.0960. The molecule has 0 aromatic rings. The first kappa shape index (κ1) is 9.19. The summed E-state index contributed by atoms with van der Waals surface area (Å²) in [5.41, 5.74) is 0. The SMILES string of the molecule is CNC(=O)NCC(O)CO. The molecule has 0 radical (unpaired) electrons. The number of rotatable bonds is 3. The van der Waals surface area contributed by atoms with E-state index in [0.29, 0.717) is 0 Å². The molecule has 0 saturated heterocycles. The fourth-order valence-corrected chi connectivity index (χ4v) is 0.363. The van der Waals surface area contributed by atoms with Crippen molar-refractivity contribution in [2.45, 2.75) is 6.10 Å². The van der Waals surface area contributed by atoms with Crippen LogP contribution in [0.2, 0.25) is 0 Å². The number of aliphatic hydroxyl groups excluding tert-OH is 2. The van der Waals surface area contributed by atoms with Gasteiger partial charge in [0.05, 0.1) is 12.7 Å². The van der Waals surface area contributed by atoms with E-state index in [0.717, 1.165) is 0 Å². The van der Waals surface area contributed by atoms with Gasteiger partial charge < -0.3 is 20.8 Å². The number of aliphatic hydroxyl groups is 2. The van der Waals surface area contributed by atoms with Gasteiger partial charge in [-0.25, -0.2) is 4.79 Å². The van der Waals surface area contributed by atoms with Crippen LogP contribution in [0.25, 0.3) is 0 Å². The summed E-state index contributed by atoms with van der Waals surface area (Å²) in [4.78, 5) is 10.4. The molecule has 1 atom stereocenters. The van der Waals surface area contributed by atoms with E-state index < -0.39 is 6.10 Å². The quantitative estimate of drug-likeness (QED) is 0.384. The molecule has 5 nitrogen and oxygen atoms in total. The second kappa shape index (κ2) is 5.01. The minimum atomic E-state index is -0.878. The van der Waals surface area contributed by atoms with Gasteiger partial charge in [-0.3, -0.25) is 0 Å². The summed E-state index contributed by atoms with van der Waals surface area (Å²) in [5, 5.41) is 21.6. The predicted molar refractivity (Wildman–Crippen MR) is 35.6 cm³/mol. The van der Waals surface area contributed by atoms with Crippen molar-refractivity contribution in [3.63, 3.8) is 0 Å². The highest BCUT2D eigenvalue weighted by Gasteiger charge is 2.02. The fraction of sp³-hybridized carbons (Fsp3) is 0.800. The standard InChI is InChI=1S/C5H12N2O3/c1-6-5(10)7-2-4(9)3-8/h4,8-9H,2-3H2,1H3,(H2,6,7,10). The summed E-state index contributed by atoms with van der Waals surface area (Å²) in [6, 6.07) is -0.368. The van der Waals surface area contributed by atoms with Gasteiger partial charge in [0.2, 0.25) is 0 Å². The molecule has 0 spiro atoms. The molecule has 0 aromatic carbocycles. The molecule has 0 aliphatic heterocycles. The zero-order valence-corrected chi connectivity index (χ0v) is 5.79. The average Bonchev–Trinajstić information content (AvgIpc) is 1.99. The minimum Gasteiger partial charge on any atom is -0.394 e. The normalized spacial score (nSPS) is 12.3. The molecular formula is C5H12N2O3. The Bertz CT molecular complexity index is 107. The molecule has 1 unspecified atom stereocenters. The third-order valence-electron chi connectivity index (χ3n) is 0.936. The topological polar surface area (TPSA) is 81.6 Å². The van der Waals surface area contributed by atoms with E-state index in [1.54, 1.807) is 0 Å². The van der Waals surface area contributed by atoms with E-state index in [-0.39, 0.29) is 19.2 Å². The predicted octanol–water partition coefficient (Wildman–Crippen LogP) is -1.73. The lowest BCUT2D eigenvalue weighted by atomic mass is 10.4. The smallest absolute Gasteiger partial charge is 0.314 e. The zero-order chi connectivity index (χ0) is 7.98. The van der Waals surface area contributed by atoms with Crippen molar-refractivity contribution < 1.29 is 15.0 Å². The average molecular weight is 148 g/mol. The largest absolute Gasteiger partial charge is 0.394 e. The van der Waals surface area contributed by atoms with Gasteiger partial charge in [-0.1, -0.05) is 0 Å². The van der Waals surface area contributed by atoms with Gasteiger partial charge in [0.15, 0.2) is 0 Å². The molecule has 0 aliphatic carbocycles. The lowest BCUT2D eigenvalue weighted by Gasteiger charge is -2.07. The molecule has 0 aliphatic rings. The van der Waals surface area contributed by atoms with Crippen LogP contribution in [0.5, 0.6) is 0 Å². The van der Waals surface area contributed by atoms with Crippen molar-refractivity contribution in [3.8, 4) is 0 Å². The van der Waals surface area contributed by atoms with Gasteiger partial charge in [-0.2, -0.15) is 0 Å². The molecule has 0 bridgehead atoms. The van der Waals surface area contributed by atoms with E-state index >= 15 is 0 Å². The molecule has 0 aromatic heterocycles.